The highest BCUT2D eigenvalue weighted by atomic mass is 19.2. The largest absolute Gasteiger partial charge is 0.330 e. The standard InChI is InChI=1S/C11H8F2N2/c12-10-5-8(3-1-2-4-14)9(7-15)6-11(10)13/h5-6H,2,4,14H2. The van der Waals surface area contributed by atoms with E-state index in [1.165, 1.54) is 0 Å². The van der Waals surface area contributed by atoms with Gasteiger partial charge in [0.1, 0.15) is 6.07 Å². The summed E-state index contributed by atoms with van der Waals surface area (Å²) >= 11 is 0. The fourth-order valence-corrected chi connectivity index (χ4v) is 0.973. The van der Waals surface area contributed by atoms with Crippen LogP contribution in [0.1, 0.15) is 17.5 Å². The summed E-state index contributed by atoms with van der Waals surface area (Å²) in [6.45, 7) is 0.387. The van der Waals surface area contributed by atoms with E-state index in [2.05, 4.69) is 11.8 Å². The van der Waals surface area contributed by atoms with Gasteiger partial charge in [0.25, 0.3) is 0 Å². The minimum Gasteiger partial charge on any atom is -0.330 e. The molecule has 0 amide bonds. The van der Waals surface area contributed by atoms with Crippen molar-refractivity contribution in [1.82, 2.24) is 0 Å². The van der Waals surface area contributed by atoms with Gasteiger partial charge < -0.3 is 5.73 Å². The van der Waals surface area contributed by atoms with Crippen molar-refractivity contribution in [2.24, 2.45) is 5.73 Å². The second-order valence-corrected chi connectivity index (χ2v) is 2.76. The lowest BCUT2D eigenvalue weighted by Crippen LogP contribution is -1.96. The van der Waals surface area contributed by atoms with E-state index in [-0.39, 0.29) is 11.1 Å². The van der Waals surface area contributed by atoms with Crippen molar-refractivity contribution in [3.8, 4) is 17.9 Å². The summed E-state index contributed by atoms with van der Waals surface area (Å²) < 4.78 is 25.6. The zero-order valence-corrected chi connectivity index (χ0v) is 7.85. The van der Waals surface area contributed by atoms with E-state index in [0.717, 1.165) is 12.1 Å². The third-order valence-electron chi connectivity index (χ3n) is 1.67. The molecule has 1 aromatic carbocycles. The van der Waals surface area contributed by atoms with Gasteiger partial charge in [0.2, 0.25) is 0 Å². The molecule has 0 radical (unpaired) electrons. The topological polar surface area (TPSA) is 49.8 Å². The minimum atomic E-state index is -1.05. The van der Waals surface area contributed by atoms with E-state index in [1.807, 2.05) is 0 Å². The Morgan fingerprint density at radius 1 is 1.20 bits per heavy atom. The SMILES string of the molecule is N#Cc1cc(F)c(F)cc1C#CCCN. The summed E-state index contributed by atoms with van der Waals surface area (Å²) in [7, 11) is 0. The van der Waals surface area contributed by atoms with E-state index < -0.39 is 11.6 Å². The average molecular weight is 206 g/mol. The molecule has 2 N–H and O–H groups in total. The van der Waals surface area contributed by atoms with E-state index in [9.17, 15) is 8.78 Å². The number of nitriles is 1. The molecule has 76 valence electrons. The zero-order chi connectivity index (χ0) is 11.3. The number of hydrogen-bond donors (Lipinski definition) is 1. The first-order valence-corrected chi connectivity index (χ1v) is 4.27. The van der Waals surface area contributed by atoms with Crippen LogP contribution in [-0.2, 0) is 0 Å². The number of rotatable bonds is 1. The van der Waals surface area contributed by atoms with Gasteiger partial charge >= 0.3 is 0 Å². The van der Waals surface area contributed by atoms with E-state index >= 15 is 0 Å². The van der Waals surface area contributed by atoms with Crippen LogP contribution < -0.4 is 5.73 Å². The van der Waals surface area contributed by atoms with E-state index in [1.54, 1.807) is 6.07 Å². The summed E-state index contributed by atoms with van der Waals surface area (Å²) in [6.07, 6.45) is 0.448. The molecule has 1 rings (SSSR count). The third kappa shape index (κ3) is 2.77. The van der Waals surface area contributed by atoms with Crippen molar-refractivity contribution in [1.29, 1.82) is 5.26 Å². The molecule has 0 saturated carbocycles. The maximum Gasteiger partial charge on any atom is 0.160 e. The summed E-state index contributed by atoms with van der Waals surface area (Å²) in [5.41, 5.74) is 5.43. The highest BCUT2D eigenvalue weighted by Gasteiger charge is 2.07. The number of nitrogens with zero attached hydrogens (tertiary/aromatic N) is 1. The predicted molar refractivity (Wildman–Crippen MR) is 51.6 cm³/mol. The first kappa shape index (κ1) is 11.2. The smallest absolute Gasteiger partial charge is 0.160 e. The summed E-state index contributed by atoms with van der Waals surface area (Å²) in [5, 5.41) is 8.66. The lowest BCUT2D eigenvalue weighted by Gasteiger charge is -1.97. The fraction of sp³-hybridized carbons (Fsp3) is 0.182. The Bertz CT molecular complexity index is 464. The Kier molecular flexibility index (Phi) is 3.79. The van der Waals surface area contributed by atoms with Crippen molar-refractivity contribution >= 4 is 0 Å². The fourth-order valence-electron chi connectivity index (χ4n) is 0.973. The first-order chi connectivity index (χ1) is 7.19. The molecule has 2 nitrogen and oxygen atoms in total. The molecule has 0 aromatic heterocycles. The first-order valence-electron chi connectivity index (χ1n) is 4.27. The lowest BCUT2D eigenvalue weighted by atomic mass is 10.1. The predicted octanol–water partition coefficient (Wildman–Crippen LogP) is 1.54. The van der Waals surface area contributed by atoms with Crippen LogP contribution in [0.3, 0.4) is 0 Å². The summed E-state index contributed by atoms with van der Waals surface area (Å²) in [4.78, 5) is 0. The van der Waals surface area contributed by atoms with Crippen LogP contribution in [0.15, 0.2) is 12.1 Å². The van der Waals surface area contributed by atoms with Crippen LogP contribution in [0, 0.1) is 34.8 Å². The van der Waals surface area contributed by atoms with Crippen LogP contribution in [0.4, 0.5) is 8.78 Å². The summed E-state index contributed by atoms with van der Waals surface area (Å²) in [5.74, 6) is 3.18. The van der Waals surface area contributed by atoms with Crippen molar-refractivity contribution in [2.45, 2.75) is 6.42 Å². The van der Waals surface area contributed by atoms with Gasteiger partial charge in [-0.05, 0) is 12.1 Å². The second kappa shape index (κ2) is 5.09. The second-order valence-electron chi connectivity index (χ2n) is 2.76. The number of nitrogens with two attached hydrogens (primary N) is 1. The molecule has 0 aliphatic heterocycles. The molecule has 15 heavy (non-hydrogen) atoms. The molecule has 0 fully saturated rings. The average Bonchev–Trinajstić information content (AvgIpc) is 2.23. The van der Waals surface area contributed by atoms with Gasteiger partial charge in [0.15, 0.2) is 11.6 Å². The highest BCUT2D eigenvalue weighted by Crippen LogP contribution is 2.13. The van der Waals surface area contributed by atoms with Crippen LogP contribution in [0.2, 0.25) is 0 Å². The Morgan fingerprint density at radius 2 is 1.80 bits per heavy atom. The molecular formula is C11H8F2N2. The molecule has 0 saturated heterocycles. The maximum absolute atomic E-state index is 12.8. The molecule has 0 bridgehead atoms. The lowest BCUT2D eigenvalue weighted by molar-refractivity contribution is 0.508. The van der Waals surface area contributed by atoms with E-state index in [0.29, 0.717) is 13.0 Å². The van der Waals surface area contributed by atoms with Crippen LogP contribution in [0.5, 0.6) is 0 Å². The quantitative estimate of drug-likeness (QED) is 0.708. The Hall–Kier alpha value is -1.91. The maximum atomic E-state index is 12.8. The van der Waals surface area contributed by atoms with Gasteiger partial charge in [0, 0.05) is 18.5 Å². The Labute approximate surface area is 86.3 Å². The molecule has 0 aliphatic rings. The van der Waals surface area contributed by atoms with Gasteiger partial charge in [0.05, 0.1) is 5.56 Å². The molecule has 0 heterocycles. The molecule has 0 atom stereocenters. The van der Waals surface area contributed by atoms with Gasteiger partial charge in [-0.2, -0.15) is 5.26 Å². The monoisotopic (exact) mass is 206 g/mol. The van der Waals surface area contributed by atoms with Crippen molar-refractivity contribution in [2.75, 3.05) is 6.54 Å². The number of hydrogen-bond acceptors (Lipinski definition) is 2. The third-order valence-corrected chi connectivity index (χ3v) is 1.67. The molecule has 4 heteroatoms. The van der Waals surface area contributed by atoms with Crippen molar-refractivity contribution < 1.29 is 8.78 Å². The molecule has 1 aromatic rings. The van der Waals surface area contributed by atoms with E-state index in [4.69, 9.17) is 11.0 Å². The Morgan fingerprint density at radius 3 is 2.33 bits per heavy atom. The number of benzene rings is 1. The highest BCUT2D eigenvalue weighted by molar-refractivity contribution is 5.48. The summed E-state index contributed by atoms with van der Waals surface area (Å²) in [6, 6.07) is 3.50. The molecular weight excluding hydrogens is 198 g/mol. The van der Waals surface area contributed by atoms with Gasteiger partial charge in [-0.15, -0.1) is 0 Å². The molecule has 0 spiro atoms. The van der Waals surface area contributed by atoms with Crippen molar-refractivity contribution in [3.63, 3.8) is 0 Å². The molecule has 0 aliphatic carbocycles. The van der Waals surface area contributed by atoms with Gasteiger partial charge in [-0.25, -0.2) is 8.78 Å². The van der Waals surface area contributed by atoms with Crippen molar-refractivity contribution in [3.05, 3.63) is 34.9 Å². The zero-order valence-electron chi connectivity index (χ0n) is 7.85. The van der Waals surface area contributed by atoms with Crippen LogP contribution in [0.25, 0.3) is 0 Å². The van der Waals surface area contributed by atoms with Crippen LogP contribution >= 0.6 is 0 Å². The Balaban J connectivity index is 3.14. The van der Waals surface area contributed by atoms with Gasteiger partial charge in [-0.3, -0.25) is 0 Å². The van der Waals surface area contributed by atoms with Gasteiger partial charge in [-0.1, -0.05) is 11.8 Å². The molecule has 0 unspecified atom stereocenters. The number of halogens is 2. The minimum absolute atomic E-state index is 0.0263. The normalized spacial score (nSPS) is 8.93. The van der Waals surface area contributed by atoms with Crippen LogP contribution in [-0.4, -0.2) is 6.54 Å².